The smallest absolute Gasteiger partial charge is 0.239 e. The molecule has 2 aliphatic heterocycles. The maximum atomic E-state index is 12.0. The lowest BCUT2D eigenvalue weighted by Crippen LogP contribution is -2.45. The van der Waals surface area contributed by atoms with Crippen molar-refractivity contribution in [2.45, 2.75) is 83.2 Å². The van der Waals surface area contributed by atoms with Gasteiger partial charge in [0.1, 0.15) is 0 Å². The summed E-state index contributed by atoms with van der Waals surface area (Å²) in [5.74, 6) is -0.123. The van der Waals surface area contributed by atoms with Crippen LogP contribution in [0.15, 0.2) is 5.16 Å². The van der Waals surface area contributed by atoms with E-state index in [-0.39, 0.29) is 23.7 Å². The second-order valence-corrected chi connectivity index (χ2v) is 9.56. The van der Waals surface area contributed by atoms with Crippen LogP contribution in [-0.4, -0.2) is 41.2 Å². The first-order chi connectivity index (χ1) is 11.1. The number of carbonyl (C=O) groups excluding carboxylic acids is 1. The van der Waals surface area contributed by atoms with Crippen LogP contribution in [0.25, 0.3) is 0 Å². The second kappa shape index (κ2) is 7.70. The van der Waals surface area contributed by atoms with E-state index in [4.69, 9.17) is 14.3 Å². The van der Waals surface area contributed by atoms with Gasteiger partial charge >= 0.3 is 0 Å². The molecule has 1 fully saturated rings. The van der Waals surface area contributed by atoms with Crippen molar-refractivity contribution in [3.05, 3.63) is 0 Å². The summed E-state index contributed by atoms with van der Waals surface area (Å²) in [4.78, 5) is 17.4. The molecule has 0 aromatic rings. The zero-order valence-electron chi connectivity index (χ0n) is 15.2. The maximum absolute atomic E-state index is 12.0. The minimum Gasteiger partial charge on any atom is -0.370 e. The van der Waals surface area contributed by atoms with Crippen molar-refractivity contribution in [1.82, 2.24) is 5.32 Å². The van der Waals surface area contributed by atoms with E-state index in [0.29, 0.717) is 6.42 Å². The number of hydrogen-bond donors (Lipinski definition) is 1. The zero-order valence-corrected chi connectivity index (χ0v) is 16.8. The summed E-state index contributed by atoms with van der Waals surface area (Å²) in [6, 6.07) is 0. The van der Waals surface area contributed by atoms with Crippen LogP contribution in [0, 0.1) is 5.41 Å². The predicted molar refractivity (Wildman–Crippen MR) is 96.0 cm³/mol. The molecule has 3 atom stereocenters. The summed E-state index contributed by atoms with van der Waals surface area (Å²) < 4.78 is 11.1. The van der Waals surface area contributed by atoms with Crippen molar-refractivity contribution in [3.8, 4) is 0 Å². The van der Waals surface area contributed by atoms with Crippen molar-refractivity contribution in [3.63, 3.8) is 0 Å². The van der Waals surface area contributed by atoms with Crippen LogP contribution in [-0.2, 0) is 19.1 Å². The Morgan fingerprint density at radius 3 is 2.67 bits per heavy atom. The molecule has 1 amide bonds. The fourth-order valence-electron chi connectivity index (χ4n) is 2.60. The lowest BCUT2D eigenvalue weighted by molar-refractivity contribution is -0.197. The van der Waals surface area contributed by atoms with Crippen LogP contribution in [0.2, 0.25) is 0 Å². The lowest BCUT2D eigenvalue weighted by atomic mass is 9.80. The Morgan fingerprint density at radius 2 is 2.08 bits per heavy atom. The van der Waals surface area contributed by atoms with Gasteiger partial charge in [0.15, 0.2) is 6.29 Å². The van der Waals surface area contributed by atoms with E-state index in [9.17, 15) is 4.79 Å². The quantitative estimate of drug-likeness (QED) is 0.689. The van der Waals surface area contributed by atoms with Crippen molar-refractivity contribution in [2.75, 3.05) is 6.61 Å². The minimum atomic E-state index is -0.636. The molecule has 1 N–H and O–H groups in total. The van der Waals surface area contributed by atoms with E-state index in [1.807, 2.05) is 6.92 Å². The van der Waals surface area contributed by atoms with Crippen LogP contribution >= 0.6 is 15.9 Å². The summed E-state index contributed by atoms with van der Waals surface area (Å²) in [7, 11) is 0. The number of nitrogens with zero attached hydrogens (tertiary/aromatic N) is 1. The number of ether oxygens (including phenoxy) is 2. The SMILES string of the molecule is C[C@H](OC1CCCCO1)C(C)(C)C1=NOC(NC(=O)C(C)(C)Br)C1. The first kappa shape index (κ1) is 19.7. The van der Waals surface area contributed by atoms with Gasteiger partial charge in [0.05, 0.1) is 16.1 Å². The summed E-state index contributed by atoms with van der Waals surface area (Å²) in [5, 5.41) is 7.06. The Morgan fingerprint density at radius 1 is 1.38 bits per heavy atom. The number of carbonyl (C=O) groups is 1. The molecule has 0 spiro atoms. The number of halogens is 1. The van der Waals surface area contributed by atoms with Gasteiger partial charge < -0.3 is 19.6 Å². The average molecular weight is 405 g/mol. The van der Waals surface area contributed by atoms with E-state index in [1.54, 1.807) is 13.8 Å². The molecule has 6 nitrogen and oxygen atoms in total. The second-order valence-electron chi connectivity index (χ2n) is 7.58. The van der Waals surface area contributed by atoms with Crippen molar-refractivity contribution in [1.29, 1.82) is 0 Å². The first-order valence-corrected chi connectivity index (χ1v) is 9.40. The summed E-state index contributed by atoms with van der Waals surface area (Å²) in [6.07, 6.45) is 3.10. The number of rotatable bonds is 6. The fraction of sp³-hybridized carbons (Fsp3) is 0.882. The van der Waals surface area contributed by atoms with Crippen molar-refractivity contribution < 1.29 is 19.1 Å². The molecule has 0 aromatic carbocycles. The van der Waals surface area contributed by atoms with Gasteiger partial charge in [-0.15, -0.1) is 0 Å². The van der Waals surface area contributed by atoms with E-state index in [0.717, 1.165) is 31.6 Å². The highest BCUT2D eigenvalue weighted by Gasteiger charge is 2.40. The van der Waals surface area contributed by atoms with Gasteiger partial charge in [-0.25, -0.2) is 0 Å². The van der Waals surface area contributed by atoms with E-state index >= 15 is 0 Å². The number of nitrogens with one attached hydrogen (secondary N) is 1. The van der Waals surface area contributed by atoms with Crippen LogP contribution in [0.1, 0.15) is 60.3 Å². The van der Waals surface area contributed by atoms with Crippen molar-refractivity contribution in [2.24, 2.45) is 10.6 Å². The molecule has 2 unspecified atom stereocenters. The van der Waals surface area contributed by atoms with E-state index in [1.165, 1.54) is 0 Å². The first-order valence-electron chi connectivity index (χ1n) is 8.61. The van der Waals surface area contributed by atoms with Crippen LogP contribution in [0.5, 0.6) is 0 Å². The minimum absolute atomic E-state index is 0.0648. The van der Waals surface area contributed by atoms with E-state index < -0.39 is 10.6 Å². The predicted octanol–water partition coefficient (Wildman–Crippen LogP) is 3.34. The molecule has 138 valence electrons. The Labute approximate surface area is 152 Å². The molecule has 2 aliphatic rings. The Hall–Kier alpha value is -0.660. The molecule has 1 saturated heterocycles. The fourth-order valence-corrected chi connectivity index (χ4v) is 2.72. The molecule has 2 rings (SSSR count). The van der Waals surface area contributed by atoms with Crippen LogP contribution in [0.3, 0.4) is 0 Å². The van der Waals surface area contributed by atoms with Gasteiger partial charge in [0.25, 0.3) is 0 Å². The topological polar surface area (TPSA) is 69.2 Å². The van der Waals surface area contributed by atoms with Gasteiger partial charge in [-0.2, -0.15) is 0 Å². The highest BCUT2D eigenvalue weighted by atomic mass is 79.9. The van der Waals surface area contributed by atoms with E-state index in [2.05, 4.69) is 40.2 Å². The highest BCUT2D eigenvalue weighted by Crippen LogP contribution is 2.32. The maximum Gasteiger partial charge on any atom is 0.239 e. The third-order valence-corrected chi connectivity index (χ3v) is 5.11. The molecule has 0 saturated carbocycles. The molecular weight excluding hydrogens is 376 g/mol. The van der Waals surface area contributed by atoms with Crippen molar-refractivity contribution >= 4 is 27.5 Å². The molecule has 0 radical (unpaired) electrons. The van der Waals surface area contributed by atoms with Crippen LogP contribution in [0.4, 0.5) is 0 Å². The third-order valence-electron chi connectivity index (χ3n) is 4.75. The Kier molecular flexibility index (Phi) is 6.31. The lowest BCUT2D eigenvalue weighted by Gasteiger charge is -2.35. The number of alkyl halides is 1. The molecule has 0 aliphatic carbocycles. The Bertz CT molecular complexity index is 481. The summed E-state index contributed by atoms with van der Waals surface area (Å²) in [5.41, 5.74) is 0.591. The number of oxime groups is 1. The molecule has 7 heteroatoms. The average Bonchev–Trinajstić information content (AvgIpc) is 2.96. The third kappa shape index (κ3) is 4.92. The number of hydrogen-bond acceptors (Lipinski definition) is 5. The molecule has 0 aromatic heterocycles. The normalized spacial score (nSPS) is 26.5. The van der Waals surface area contributed by atoms with Crippen LogP contribution < -0.4 is 5.32 Å². The van der Waals surface area contributed by atoms with Gasteiger partial charge in [-0.05, 0) is 40.0 Å². The highest BCUT2D eigenvalue weighted by molar-refractivity contribution is 9.10. The molecule has 0 bridgehead atoms. The zero-order chi connectivity index (χ0) is 18.0. The number of amides is 1. The van der Waals surface area contributed by atoms with Gasteiger partial charge in [0, 0.05) is 18.4 Å². The van der Waals surface area contributed by atoms with Gasteiger partial charge in [0.2, 0.25) is 12.1 Å². The molecule has 24 heavy (non-hydrogen) atoms. The molecule has 2 heterocycles. The standard InChI is InChI=1S/C17H29BrN2O4/c1-11(23-14-8-6-7-9-22-14)16(2,3)12-10-13(24-20-12)19-15(21)17(4,5)18/h11,13-14H,6-10H2,1-5H3,(H,19,21)/t11-,13?,14?/m0/s1. The summed E-state index contributed by atoms with van der Waals surface area (Å²) >= 11 is 3.35. The Balaban J connectivity index is 1.89. The van der Waals surface area contributed by atoms with Gasteiger partial charge in [-0.3, -0.25) is 4.79 Å². The largest absolute Gasteiger partial charge is 0.370 e. The van der Waals surface area contributed by atoms with Gasteiger partial charge in [-0.1, -0.05) is 34.9 Å². The monoisotopic (exact) mass is 404 g/mol. The molecular formula is C17H29BrN2O4. The summed E-state index contributed by atoms with van der Waals surface area (Å²) in [6.45, 7) is 10.6.